The van der Waals surface area contributed by atoms with Gasteiger partial charge in [-0.1, -0.05) is 13.3 Å². The highest BCUT2D eigenvalue weighted by atomic mass is 28.3. The van der Waals surface area contributed by atoms with Crippen molar-refractivity contribution in [1.29, 1.82) is 0 Å². The predicted octanol–water partition coefficient (Wildman–Crippen LogP) is 0.239. The zero-order chi connectivity index (χ0) is 7.98. The second-order valence-corrected chi connectivity index (χ2v) is 4.87. The standard InChI is InChI=1S/C6H17NO2Si/c1-4-6(5-7)10(8-2)9-3/h6,10H,4-5,7H2,1-3H3. The molecule has 1 atom stereocenters. The molecule has 0 aliphatic rings. The molecule has 0 spiro atoms. The summed E-state index contributed by atoms with van der Waals surface area (Å²) >= 11 is 0. The molecule has 0 aromatic carbocycles. The van der Waals surface area contributed by atoms with E-state index in [1.165, 1.54) is 0 Å². The molecule has 0 aliphatic heterocycles. The summed E-state index contributed by atoms with van der Waals surface area (Å²) in [6.45, 7) is 2.78. The van der Waals surface area contributed by atoms with Gasteiger partial charge in [0.05, 0.1) is 0 Å². The van der Waals surface area contributed by atoms with Crippen LogP contribution in [0.15, 0.2) is 0 Å². The van der Waals surface area contributed by atoms with Crippen LogP contribution in [0, 0.1) is 0 Å². The molecule has 0 radical (unpaired) electrons. The molecule has 0 aromatic heterocycles. The Hall–Kier alpha value is 0.0969. The summed E-state index contributed by atoms with van der Waals surface area (Å²) < 4.78 is 10.4. The van der Waals surface area contributed by atoms with Crippen LogP contribution in [0.3, 0.4) is 0 Å². The van der Waals surface area contributed by atoms with E-state index in [0.717, 1.165) is 6.42 Å². The fourth-order valence-corrected chi connectivity index (χ4v) is 2.52. The minimum Gasteiger partial charge on any atom is -0.400 e. The first-order chi connectivity index (χ1) is 4.79. The van der Waals surface area contributed by atoms with Crippen LogP contribution in [0.2, 0.25) is 5.54 Å². The van der Waals surface area contributed by atoms with Gasteiger partial charge in [0.25, 0.3) is 0 Å². The Morgan fingerprint density at radius 2 is 1.90 bits per heavy atom. The third kappa shape index (κ3) is 2.79. The summed E-state index contributed by atoms with van der Waals surface area (Å²) in [7, 11) is 1.95. The van der Waals surface area contributed by atoms with Gasteiger partial charge in [-0.05, 0) is 6.54 Å². The first kappa shape index (κ1) is 10.1. The van der Waals surface area contributed by atoms with Gasteiger partial charge in [0.15, 0.2) is 0 Å². The molecule has 2 N–H and O–H groups in total. The van der Waals surface area contributed by atoms with Crippen LogP contribution in [-0.4, -0.2) is 30.0 Å². The summed E-state index contributed by atoms with van der Waals surface area (Å²) in [4.78, 5) is 0. The summed E-state index contributed by atoms with van der Waals surface area (Å²) in [6.07, 6.45) is 1.05. The molecule has 0 fully saturated rings. The van der Waals surface area contributed by atoms with E-state index in [1.807, 2.05) is 0 Å². The molecule has 0 amide bonds. The fraction of sp³-hybridized carbons (Fsp3) is 1.00. The van der Waals surface area contributed by atoms with Gasteiger partial charge in [0.1, 0.15) is 0 Å². The zero-order valence-electron chi connectivity index (χ0n) is 6.96. The molecule has 3 nitrogen and oxygen atoms in total. The highest BCUT2D eigenvalue weighted by molar-refractivity contribution is 6.46. The Morgan fingerprint density at radius 1 is 1.40 bits per heavy atom. The summed E-state index contributed by atoms with van der Waals surface area (Å²) in [5.74, 6) is 0. The molecular formula is C6H17NO2Si. The largest absolute Gasteiger partial charge is 0.400 e. The number of nitrogens with two attached hydrogens (primary N) is 1. The average molecular weight is 163 g/mol. The van der Waals surface area contributed by atoms with Crippen molar-refractivity contribution >= 4 is 9.28 Å². The number of hydrogen-bond acceptors (Lipinski definition) is 3. The highest BCUT2D eigenvalue weighted by Crippen LogP contribution is 2.13. The van der Waals surface area contributed by atoms with Crippen molar-refractivity contribution in [2.75, 3.05) is 20.8 Å². The lowest BCUT2D eigenvalue weighted by atomic mass is 10.3. The Balaban J connectivity index is 3.70. The van der Waals surface area contributed by atoms with Crippen molar-refractivity contribution in [3.63, 3.8) is 0 Å². The van der Waals surface area contributed by atoms with Crippen LogP contribution in [0.25, 0.3) is 0 Å². The molecule has 62 valence electrons. The summed E-state index contributed by atoms with van der Waals surface area (Å²) in [5.41, 5.74) is 5.96. The molecule has 1 unspecified atom stereocenters. The Bertz CT molecular complexity index is 64.1. The van der Waals surface area contributed by atoms with Crippen molar-refractivity contribution in [2.45, 2.75) is 18.9 Å². The van der Waals surface area contributed by atoms with Gasteiger partial charge < -0.3 is 14.6 Å². The topological polar surface area (TPSA) is 44.5 Å². The van der Waals surface area contributed by atoms with Gasteiger partial charge >= 0.3 is 9.28 Å². The SMILES string of the molecule is CCC(CN)[SiH](OC)OC. The molecule has 10 heavy (non-hydrogen) atoms. The van der Waals surface area contributed by atoms with Crippen LogP contribution >= 0.6 is 0 Å². The predicted molar refractivity (Wildman–Crippen MR) is 44.3 cm³/mol. The molecule has 0 aliphatic carbocycles. The molecule has 0 heterocycles. The number of hydrogen-bond donors (Lipinski definition) is 1. The van der Waals surface area contributed by atoms with Crippen LogP contribution in [0.5, 0.6) is 0 Å². The molecular weight excluding hydrogens is 146 g/mol. The second-order valence-electron chi connectivity index (χ2n) is 2.24. The average Bonchev–Trinajstić information content (AvgIpc) is 2.00. The third-order valence-electron chi connectivity index (χ3n) is 1.68. The van der Waals surface area contributed by atoms with Crippen LogP contribution in [0.1, 0.15) is 13.3 Å². The Kier molecular flexibility index (Phi) is 5.91. The van der Waals surface area contributed by atoms with Crippen molar-refractivity contribution in [2.24, 2.45) is 5.73 Å². The molecule has 0 saturated heterocycles. The highest BCUT2D eigenvalue weighted by Gasteiger charge is 2.20. The maximum Gasteiger partial charge on any atom is 0.325 e. The van der Waals surface area contributed by atoms with E-state index < -0.39 is 9.28 Å². The molecule has 0 bridgehead atoms. The fourth-order valence-electron chi connectivity index (χ4n) is 0.951. The third-order valence-corrected chi connectivity index (χ3v) is 4.12. The van der Waals surface area contributed by atoms with Gasteiger partial charge in [0, 0.05) is 19.8 Å². The smallest absolute Gasteiger partial charge is 0.325 e. The van der Waals surface area contributed by atoms with Gasteiger partial charge in [-0.15, -0.1) is 0 Å². The maximum absolute atomic E-state index is 5.51. The zero-order valence-corrected chi connectivity index (χ0v) is 8.12. The molecule has 0 rings (SSSR count). The van der Waals surface area contributed by atoms with E-state index in [9.17, 15) is 0 Å². The lowest BCUT2D eigenvalue weighted by molar-refractivity contribution is 0.264. The lowest BCUT2D eigenvalue weighted by Gasteiger charge is -2.18. The van der Waals surface area contributed by atoms with Gasteiger partial charge in [0.2, 0.25) is 0 Å². The Labute approximate surface area is 64.4 Å². The number of rotatable bonds is 5. The second kappa shape index (κ2) is 5.85. The minimum absolute atomic E-state index is 0.454. The van der Waals surface area contributed by atoms with Gasteiger partial charge in [-0.2, -0.15) is 0 Å². The first-order valence-corrected chi connectivity index (χ1v) is 5.16. The lowest BCUT2D eigenvalue weighted by Crippen LogP contribution is -2.30. The monoisotopic (exact) mass is 163 g/mol. The molecule has 0 saturated carbocycles. The van der Waals surface area contributed by atoms with Crippen molar-refractivity contribution in [1.82, 2.24) is 0 Å². The van der Waals surface area contributed by atoms with E-state index in [4.69, 9.17) is 14.6 Å². The first-order valence-electron chi connectivity index (χ1n) is 3.55. The van der Waals surface area contributed by atoms with Gasteiger partial charge in [-0.3, -0.25) is 0 Å². The van der Waals surface area contributed by atoms with Crippen LogP contribution < -0.4 is 5.73 Å². The van der Waals surface area contributed by atoms with Crippen LogP contribution in [-0.2, 0) is 8.85 Å². The summed E-state index contributed by atoms with van der Waals surface area (Å²) in [6, 6.07) is 0. The molecule has 4 heteroatoms. The normalized spacial score (nSPS) is 14.1. The molecule has 0 aromatic rings. The van der Waals surface area contributed by atoms with E-state index in [1.54, 1.807) is 14.2 Å². The van der Waals surface area contributed by atoms with Crippen molar-refractivity contribution < 1.29 is 8.85 Å². The van der Waals surface area contributed by atoms with Crippen molar-refractivity contribution in [3.8, 4) is 0 Å². The van der Waals surface area contributed by atoms with E-state index in [-0.39, 0.29) is 0 Å². The Morgan fingerprint density at radius 3 is 2.00 bits per heavy atom. The van der Waals surface area contributed by atoms with Crippen LogP contribution in [0.4, 0.5) is 0 Å². The quantitative estimate of drug-likeness (QED) is 0.590. The minimum atomic E-state index is -1.43. The maximum atomic E-state index is 5.51. The van der Waals surface area contributed by atoms with Crippen molar-refractivity contribution in [3.05, 3.63) is 0 Å². The van der Waals surface area contributed by atoms with E-state index in [2.05, 4.69) is 6.92 Å². The summed E-state index contributed by atoms with van der Waals surface area (Å²) in [5, 5.41) is 0. The van der Waals surface area contributed by atoms with Gasteiger partial charge in [-0.25, -0.2) is 0 Å². The van der Waals surface area contributed by atoms with E-state index in [0.29, 0.717) is 12.1 Å². The van der Waals surface area contributed by atoms with E-state index >= 15 is 0 Å².